The highest BCUT2D eigenvalue weighted by Crippen LogP contribution is 2.34. The normalized spacial score (nSPS) is 11.4. The van der Waals surface area contributed by atoms with E-state index in [0.717, 1.165) is 22.7 Å². The molecule has 3 nitrogen and oxygen atoms in total. The highest BCUT2D eigenvalue weighted by atomic mass is 32.2. The van der Waals surface area contributed by atoms with Crippen LogP contribution < -0.4 is 5.73 Å². The molecule has 0 radical (unpaired) electrons. The molecule has 2 aromatic rings. The number of halogens is 3. The van der Waals surface area contributed by atoms with E-state index in [0.29, 0.717) is 10.6 Å². The Hall–Kier alpha value is -2.02. The van der Waals surface area contributed by atoms with Crippen LogP contribution in [-0.2, 0) is 6.18 Å². The lowest BCUT2D eigenvalue weighted by atomic mass is 10.1. The third-order valence-electron chi connectivity index (χ3n) is 2.77. The van der Waals surface area contributed by atoms with Crippen molar-refractivity contribution in [1.82, 2.24) is 4.98 Å². The van der Waals surface area contributed by atoms with Gasteiger partial charge >= 0.3 is 6.18 Å². The van der Waals surface area contributed by atoms with Crippen molar-refractivity contribution in [3.63, 3.8) is 0 Å². The Bertz CT molecular complexity index is 666. The molecule has 0 fully saturated rings. The molecule has 3 N–H and O–H groups in total. The summed E-state index contributed by atoms with van der Waals surface area (Å²) in [7, 11) is 0. The van der Waals surface area contributed by atoms with Crippen molar-refractivity contribution in [2.75, 3.05) is 0 Å². The minimum absolute atomic E-state index is 0.0897. The van der Waals surface area contributed by atoms with Crippen LogP contribution in [0.5, 0.6) is 0 Å². The number of hydrogen-bond donors (Lipinski definition) is 2. The van der Waals surface area contributed by atoms with E-state index in [1.165, 1.54) is 17.8 Å². The fraction of sp³-hybridized carbons (Fsp3) is 0.143. The van der Waals surface area contributed by atoms with E-state index in [4.69, 9.17) is 11.1 Å². The number of pyridine rings is 1. The molecule has 1 aromatic carbocycles. The molecular formula is C14H12F3N3S. The van der Waals surface area contributed by atoms with Gasteiger partial charge in [0.25, 0.3) is 0 Å². The molecule has 0 saturated carbocycles. The maximum Gasteiger partial charge on any atom is 0.417 e. The zero-order valence-corrected chi connectivity index (χ0v) is 11.8. The van der Waals surface area contributed by atoms with Gasteiger partial charge in [0.2, 0.25) is 0 Å². The second kappa shape index (κ2) is 5.77. The van der Waals surface area contributed by atoms with E-state index < -0.39 is 11.7 Å². The zero-order chi connectivity index (χ0) is 15.6. The number of rotatable bonds is 3. The Balaban J connectivity index is 2.33. The number of nitrogen functional groups attached to an aromatic ring is 1. The largest absolute Gasteiger partial charge is 0.417 e. The molecule has 21 heavy (non-hydrogen) atoms. The molecule has 0 saturated heterocycles. The summed E-state index contributed by atoms with van der Waals surface area (Å²) in [5, 5.41) is 7.97. The number of aromatic nitrogens is 1. The second-order valence-corrected chi connectivity index (χ2v) is 5.38. The SMILES string of the molecule is Cc1cccc(C(=N)N)c1Sc1ccc(C(F)(F)F)cn1. The van der Waals surface area contributed by atoms with Gasteiger partial charge in [-0.1, -0.05) is 30.0 Å². The number of alkyl halides is 3. The van der Waals surface area contributed by atoms with E-state index in [2.05, 4.69) is 4.98 Å². The van der Waals surface area contributed by atoms with Crippen LogP contribution in [0.15, 0.2) is 46.5 Å². The van der Waals surface area contributed by atoms with Gasteiger partial charge < -0.3 is 5.73 Å². The van der Waals surface area contributed by atoms with Crippen molar-refractivity contribution in [3.8, 4) is 0 Å². The van der Waals surface area contributed by atoms with Gasteiger partial charge in [0.15, 0.2) is 0 Å². The van der Waals surface area contributed by atoms with Crippen LogP contribution in [0.2, 0.25) is 0 Å². The summed E-state index contributed by atoms with van der Waals surface area (Å²) in [6.07, 6.45) is -3.60. The predicted octanol–water partition coefficient (Wildman–Crippen LogP) is 3.84. The van der Waals surface area contributed by atoms with Gasteiger partial charge in [0, 0.05) is 16.7 Å². The average molecular weight is 311 g/mol. The standard InChI is InChI=1S/C14H12F3N3S/c1-8-3-2-4-10(13(18)19)12(8)21-11-6-5-9(7-20-11)14(15,16)17/h2-7H,1H3,(H3,18,19). The summed E-state index contributed by atoms with van der Waals surface area (Å²) in [5.41, 5.74) is 6.16. The first-order chi connectivity index (χ1) is 9.79. The first-order valence-corrected chi connectivity index (χ1v) is 6.76. The molecule has 7 heteroatoms. The lowest BCUT2D eigenvalue weighted by molar-refractivity contribution is -0.137. The summed E-state index contributed by atoms with van der Waals surface area (Å²) >= 11 is 1.19. The van der Waals surface area contributed by atoms with Gasteiger partial charge in [0.05, 0.1) is 5.56 Å². The highest BCUT2D eigenvalue weighted by molar-refractivity contribution is 7.99. The quantitative estimate of drug-likeness (QED) is 0.668. The molecule has 1 heterocycles. The third-order valence-corrected chi connectivity index (χ3v) is 3.97. The lowest BCUT2D eigenvalue weighted by Gasteiger charge is -2.11. The Labute approximate surface area is 123 Å². The van der Waals surface area contributed by atoms with Crippen LogP contribution in [0.25, 0.3) is 0 Å². The molecule has 2 rings (SSSR count). The third kappa shape index (κ3) is 3.55. The molecule has 0 unspecified atom stereocenters. The predicted molar refractivity (Wildman–Crippen MR) is 75.6 cm³/mol. The van der Waals surface area contributed by atoms with E-state index in [-0.39, 0.29) is 5.84 Å². The van der Waals surface area contributed by atoms with Crippen molar-refractivity contribution in [2.45, 2.75) is 23.0 Å². The Morgan fingerprint density at radius 3 is 2.48 bits per heavy atom. The molecule has 1 aromatic heterocycles. The van der Waals surface area contributed by atoms with Crippen molar-refractivity contribution >= 4 is 17.6 Å². The summed E-state index contributed by atoms with van der Waals surface area (Å²) in [4.78, 5) is 4.53. The minimum atomic E-state index is -4.40. The van der Waals surface area contributed by atoms with Gasteiger partial charge in [-0.15, -0.1) is 0 Å². The molecule has 0 spiro atoms. The smallest absolute Gasteiger partial charge is 0.384 e. The summed E-state index contributed by atoms with van der Waals surface area (Å²) in [6, 6.07) is 7.61. The van der Waals surface area contributed by atoms with Crippen LogP contribution in [0.4, 0.5) is 13.2 Å². The van der Waals surface area contributed by atoms with Crippen LogP contribution in [0.1, 0.15) is 16.7 Å². The molecule has 0 aliphatic heterocycles. The summed E-state index contributed by atoms with van der Waals surface area (Å²) in [5.74, 6) is -0.0897. The molecule has 0 atom stereocenters. The van der Waals surface area contributed by atoms with Crippen LogP contribution in [0.3, 0.4) is 0 Å². The van der Waals surface area contributed by atoms with Crippen molar-refractivity contribution in [1.29, 1.82) is 5.41 Å². The van der Waals surface area contributed by atoms with E-state index in [9.17, 15) is 13.2 Å². The number of hydrogen-bond acceptors (Lipinski definition) is 3. The highest BCUT2D eigenvalue weighted by Gasteiger charge is 2.30. The molecule has 0 aliphatic rings. The lowest BCUT2D eigenvalue weighted by Crippen LogP contribution is -2.12. The average Bonchev–Trinajstić information content (AvgIpc) is 2.40. The first-order valence-electron chi connectivity index (χ1n) is 5.94. The number of amidine groups is 1. The monoisotopic (exact) mass is 311 g/mol. The van der Waals surface area contributed by atoms with Crippen molar-refractivity contribution < 1.29 is 13.2 Å². The summed E-state index contributed by atoms with van der Waals surface area (Å²) in [6.45, 7) is 1.85. The fourth-order valence-corrected chi connectivity index (χ4v) is 2.68. The van der Waals surface area contributed by atoms with E-state index in [1.54, 1.807) is 12.1 Å². The van der Waals surface area contributed by atoms with Crippen molar-refractivity contribution in [3.05, 3.63) is 53.2 Å². The molecule has 110 valence electrons. The number of nitrogens with two attached hydrogens (primary N) is 1. The molecule has 0 aliphatic carbocycles. The van der Waals surface area contributed by atoms with Crippen LogP contribution >= 0.6 is 11.8 Å². The maximum atomic E-state index is 12.5. The topological polar surface area (TPSA) is 62.8 Å². The summed E-state index contributed by atoms with van der Waals surface area (Å²) < 4.78 is 37.5. The zero-order valence-electron chi connectivity index (χ0n) is 11.0. The second-order valence-electron chi connectivity index (χ2n) is 4.35. The van der Waals surface area contributed by atoms with Gasteiger partial charge in [-0.25, -0.2) is 4.98 Å². The van der Waals surface area contributed by atoms with Gasteiger partial charge in [-0.2, -0.15) is 13.2 Å². The Kier molecular flexibility index (Phi) is 4.22. The van der Waals surface area contributed by atoms with Crippen molar-refractivity contribution in [2.24, 2.45) is 5.73 Å². The van der Waals surface area contributed by atoms with Gasteiger partial charge in [0.1, 0.15) is 10.9 Å². The van der Waals surface area contributed by atoms with Gasteiger partial charge in [-0.05, 0) is 24.6 Å². The van der Waals surface area contributed by atoms with Crippen LogP contribution in [-0.4, -0.2) is 10.8 Å². The van der Waals surface area contributed by atoms with Gasteiger partial charge in [-0.3, -0.25) is 5.41 Å². The number of benzene rings is 1. The van der Waals surface area contributed by atoms with Crippen LogP contribution in [0, 0.1) is 12.3 Å². The number of nitrogens with zero attached hydrogens (tertiary/aromatic N) is 1. The fourth-order valence-electron chi connectivity index (χ4n) is 1.71. The Morgan fingerprint density at radius 1 is 1.24 bits per heavy atom. The number of aryl methyl sites for hydroxylation is 1. The maximum absolute atomic E-state index is 12.5. The molecular weight excluding hydrogens is 299 g/mol. The Morgan fingerprint density at radius 2 is 1.95 bits per heavy atom. The minimum Gasteiger partial charge on any atom is -0.384 e. The first kappa shape index (κ1) is 15.4. The van der Waals surface area contributed by atoms with E-state index >= 15 is 0 Å². The number of nitrogens with one attached hydrogen (secondary N) is 1. The van der Waals surface area contributed by atoms with E-state index in [1.807, 2.05) is 13.0 Å². The molecule has 0 bridgehead atoms. The molecule has 0 amide bonds.